The molecule has 0 spiro atoms. The molecule has 4 nitrogen and oxygen atoms in total. The smallest absolute Gasteiger partial charge is 0.410 e. The molecule has 1 atom stereocenters. The first-order valence-electron chi connectivity index (χ1n) is 6.43. The molecule has 0 bridgehead atoms. The van der Waals surface area contributed by atoms with Gasteiger partial charge in [-0.1, -0.05) is 30.3 Å². The third-order valence-corrected chi connectivity index (χ3v) is 3.18. The summed E-state index contributed by atoms with van der Waals surface area (Å²) in [5, 5.41) is 3.07. The van der Waals surface area contributed by atoms with E-state index in [1.807, 2.05) is 25.2 Å². The molecule has 1 aromatic carbocycles. The standard InChI is InChI=1S/C14H20N2O2/c1-15-9-7-13-11-16(14(17)18-13)10-8-12-5-3-2-4-6-12/h2-6,13,15H,7-11H2,1H3. The zero-order valence-corrected chi connectivity index (χ0v) is 10.8. The average molecular weight is 248 g/mol. The lowest BCUT2D eigenvalue weighted by Gasteiger charge is -2.12. The molecular formula is C14H20N2O2. The maximum absolute atomic E-state index is 11.7. The molecule has 1 N–H and O–H groups in total. The molecule has 1 unspecified atom stereocenters. The molecule has 2 rings (SSSR count). The van der Waals surface area contributed by atoms with E-state index in [0.717, 1.165) is 25.9 Å². The summed E-state index contributed by atoms with van der Waals surface area (Å²) in [5.41, 5.74) is 1.25. The molecule has 1 amide bonds. The molecule has 1 fully saturated rings. The first-order chi connectivity index (χ1) is 8.79. The van der Waals surface area contributed by atoms with Crippen molar-refractivity contribution in [1.29, 1.82) is 0 Å². The molecule has 4 heteroatoms. The fourth-order valence-electron chi connectivity index (χ4n) is 2.12. The highest BCUT2D eigenvalue weighted by Gasteiger charge is 2.30. The van der Waals surface area contributed by atoms with Gasteiger partial charge in [0.1, 0.15) is 6.10 Å². The number of nitrogens with one attached hydrogen (secondary N) is 1. The lowest BCUT2D eigenvalue weighted by molar-refractivity contribution is 0.129. The van der Waals surface area contributed by atoms with Gasteiger partial charge in [-0.3, -0.25) is 0 Å². The second kappa shape index (κ2) is 6.40. The molecule has 18 heavy (non-hydrogen) atoms. The number of rotatable bonds is 6. The van der Waals surface area contributed by atoms with Crippen molar-refractivity contribution in [2.24, 2.45) is 0 Å². The normalized spacial score (nSPS) is 19.1. The van der Waals surface area contributed by atoms with E-state index in [4.69, 9.17) is 4.74 Å². The van der Waals surface area contributed by atoms with Crippen LogP contribution in [0.4, 0.5) is 4.79 Å². The molecule has 98 valence electrons. The SMILES string of the molecule is CNCCC1CN(CCc2ccccc2)C(=O)O1. The highest BCUT2D eigenvalue weighted by Crippen LogP contribution is 2.14. The van der Waals surface area contributed by atoms with Crippen LogP contribution >= 0.6 is 0 Å². The Morgan fingerprint density at radius 1 is 1.39 bits per heavy atom. The molecule has 1 saturated heterocycles. The Bertz CT molecular complexity index is 381. The first-order valence-corrected chi connectivity index (χ1v) is 6.43. The van der Waals surface area contributed by atoms with E-state index in [-0.39, 0.29) is 12.2 Å². The van der Waals surface area contributed by atoms with Crippen molar-refractivity contribution in [1.82, 2.24) is 10.2 Å². The number of carbonyl (C=O) groups excluding carboxylic acids is 1. The number of hydrogen-bond acceptors (Lipinski definition) is 3. The minimum Gasteiger partial charge on any atom is -0.444 e. The molecule has 0 saturated carbocycles. The Hall–Kier alpha value is -1.55. The molecule has 1 aliphatic rings. The van der Waals surface area contributed by atoms with Gasteiger partial charge in [0.25, 0.3) is 0 Å². The monoisotopic (exact) mass is 248 g/mol. The summed E-state index contributed by atoms with van der Waals surface area (Å²) in [6.07, 6.45) is 1.63. The molecule has 1 aliphatic heterocycles. The topological polar surface area (TPSA) is 41.6 Å². The summed E-state index contributed by atoms with van der Waals surface area (Å²) in [5.74, 6) is 0. The Morgan fingerprint density at radius 2 is 2.17 bits per heavy atom. The summed E-state index contributed by atoms with van der Waals surface area (Å²) in [6.45, 7) is 2.33. The fourth-order valence-corrected chi connectivity index (χ4v) is 2.12. The minimum absolute atomic E-state index is 0.0423. The summed E-state index contributed by atoms with van der Waals surface area (Å²) >= 11 is 0. The van der Waals surface area contributed by atoms with Crippen molar-refractivity contribution in [3.8, 4) is 0 Å². The van der Waals surface area contributed by atoms with Gasteiger partial charge in [-0.05, 0) is 32.0 Å². The Balaban J connectivity index is 1.78. The van der Waals surface area contributed by atoms with Crippen LogP contribution in [0.15, 0.2) is 30.3 Å². The van der Waals surface area contributed by atoms with E-state index in [9.17, 15) is 4.79 Å². The van der Waals surface area contributed by atoms with Crippen LogP contribution in [0.1, 0.15) is 12.0 Å². The van der Waals surface area contributed by atoms with Crippen LogP contribution in [0.25, 0.3) is 0 Å². The van der Waals surface area contributed by atoms with Crippen LogP contribution in [0.2, 0.25) is 0 Å². The number of amides is 1. The van der Waals surface area contributed by atoms with Crippen molar-refractivity contribution < 1.29 is 9.53 Å². The Labute approximate surface area is 108 Å². The average Bonchev–Trinajstić information content (AvgIpc) is 2.76. The molecular weight excluding hydrogens is 228 g/mol. The van der Waals surface area contributed by atoms with Gasteiger partial charge in [-0.25, -0.2) is 4.79 Å². The number of cyclic esters (lactones) is 1. The summed E-state index contributed by atoms with van der Waals surface area (Å²) < 4.78 is 5.31. The van der Waals surface area contributed by atoms with Crippen LogP contribution in [0, 0.1) is 0 Å². The van der Waals surface area contributed by atoms with E-state index in [2.05, 4.69) is 17.4 Å². The molecule has 0 aliphatic carbocycles. The van der Waals surface area contributed by atoms with Crippen LogP contribution in [-0.4, -0.2) is 43.8 Å². The van der Waals surface area contributed by atoms with E-state index in [1.54, 1.807) is 4.90 Å². The van der Waals surface area contributed by atoms with Crippen molar-refractivity contribution in [3.63, 3.8) is 0 Å². The van der Waals surface area contributed by atoms with Gasteiger partial charge in [0, 0.05) is 6.54 Å². The number of carbonyl (C=O) groups is 1. The quantitative estimate of drug-likeness (QED) is 0.832. The molecule has 1 aromatic rings. The summed E-state index contributed by atoms with van der Waals surface area (Å²) in [6, 6.07) is 10.2. The zero-order chi connectivity index (χ0) is 12.8. The van der Waals surface area contributed by atoms with Crippen molar-refractivity contribution in [2.45, 2.75) is 18.9 Å². The number of ether oxygens (including phenoxy) is 1. The lowest BCUT2D eigenvalue weighted by Crippen LogP contribution is -2.28. The van der Waals surface area contributed by atoms with E-state index in [0.29, 0.717) is 6.54 Å². The van der Waals surface area contributed by atoms with Gasteiger partial charge >= 0.3 is 6.09 Å². The second-order valence-electron chi connectivity index (χ2n) is 4.58. The van der Waals surface area contributed by atoms with Crippen LogP contribution in [-0.2, 0) is 11.2 Å². The molecule has 0 aromatic heterocycles. The van der Waals surface area contributed by atoms with Gasteiger partial charge < -0.3 is 15.0 Å². The third kappa shape index (κ3) is 3.47. The Morgan fingerprint density at radius 3 is 2.89 bits per heavy atom. The maximum atomic E-state index is 11.7. The second-order valence-corrected chi connectivity index (χ2v) is 4.58. The number of hydrogen-bond donors (Lipinski definition) is 1. The highest BCUT2D eigenvalue weighted by molar-refractivity contribution is 5.69. The maximum Gasteiger partial charge on any atom is 0.410 e. The predicted molar refractivity (Wildman–Crippen MR) is 70.5 cm³/mol. The first kappa shape index (κ1) is 12.9. The molecule has 0 radical (unpaired) electrons. The van der Waals surface area contributed by atoms with Crippen LogP contribution in [0.3, 0.4) is 0 Å². The summed E-state index contributed by atoms with van der Waals surface area (Å²) in [4.78, 5) is 13.5. The van der Waals surface area contributed by atoms with Gasteiger partial charge in [0.2, 0.25) is 0 Å². The van der Waals surface area contributed by atoms with E-state index >= 15 is 0 Å². The van der Waals surface area contributed by atoms with Gasteiger partial charge in [-0.15, -0.1) is 0 Å². The highest BCUT2D eigenvalue weighted by atomic mass is 16.6. The minimum atomic E-state index is -0.174. The van der Waals surface area contributed by atoms with Crippen molar-refractivity contribution in [2.75, 3.05) is 26.7 Å². The number of nitrogens with zero attached hydrogens (tertiary/aromatic N) is 1. The number of benzene rings is 1. The molecule has 1 heterocycles. The Kier molecular flexibility index (Phi) is 4.59. The lowest BCUT2D eigenvalue weighted by atomic mass is 10.1. The van der Waals surface area contributed by atoms with Gasteiger partial charge in [0.15, 0.2) is 0 Å². The van der Waals surface area contributed by atoms with Crippen molar-refractivity contribution >= 4 is 6.09 Å². The van der Waals surface area contributed by atoms with Crippen LogP contribution < -0.4 is 5.32 Å². The van der Waals surface area contributed by atoms with Gasteiger partial charge in [0.05, 0.1) is 6.54 Å². The predicted octanol–water partition coefficient (Wildman–Crippen LogP) is 1.66. The third-order valence-electron chi connectivity index (χ3n) is 3.18. The van der Waals surface area contributed by atoms with Crippen LogP contribution in [0.5, 0.6) is 0 Å². The van der Waals surface area contributed by atoms with Crippen molar-refractivity contribution in [3.05, 3.63) is 35.9 Å². The largest absolute Gasteiger partial charge is 0.444 e. The van der Waals surface area contributed by atoms with E-state index in [1.165, 1.54) is 5.56 Å². The zero-order valence-electron chi connectivity index (χ0n) is 10.8. The summed E-state index contributed by atoms with van der Waals surface area (Å²) in [7, 11) is 1.91. The fraction of sp³-hybridized carbons (Fsp3) is 0.500. The van der Waals surface area contributed by atoms with Gasteiger partial charge in [-0.2, -0.15) is 0 Å². The van der Waals surface area contributed by atoms with E-state index < -0.39 is 0 Å².